The van der Waals surface area contributed by atoms with Crippen LogP contribution in [0.3, 0.4) is 0 Å². The normalized spacial score (nSPS) is 11.4. The molecule has 0 unspecified atom stereocenters. The molecule has 0 aromatic heterocycles. The zero-order valence-corrected chi connectivity index (χ0v) is 12.2. The summed E-state index contributed by atoms with van der Waals surface area (Å²) in [5, 5.41) is 2.38. The van der Waals surface area contributed by atoms with E-state index in [0.717, 1.165) is 9.87 Å². The first-order valence-corrected chi connectivity index (χ1v) is 7.08. The molecule has 19 heavy (non-hydrogen) atoms. The Morgan fingerprint density at radius 2 is 2.05 bits per heavy atom. The molecule has 7 heteroatoms. The Kier molecular flexibility index (Phi) is 4.90. The predicted molar refractivity (Wildman–Crippen MR) is 71.6 cm³/mol. The van der Waals surface area contributed by atoms with Crippen LogP contribution in [0.15, 0.2) is 23.1 Å². The molecule has 1 rings (SSSR count). The summed E-state index contributed by atoms with van der Waals surface area (Å²) in [6.07, 6.45) is 0. The summed E-state index contributed by atoms with van der Waals surface area (Å²) in [5.74, 6) is 0.254. The SMILES string of the molecule is CNC(=O)CN(C)S(=O)(=O)c1ccc(OC)c(C)c1. The summed E-state index contributed by atoms with van der Waals surface area (Å²) in [6, 6.07) is 4.58. The van der Waals surface area contributed by atoms with Gasteiger partial charge in [-0.15, -0.1) is 0 Å². The zero-order valence-electron chi connectivity index (χ0n) is 11.4. The van der Waals surface area contributed by atoms with Crippen LogP contribution in [0.1, 0.15) is 5.56 Å². The largest absolute Gasteiger partial charge is 0.496 e. The van der Waals surface area contributed by atoms with Crippen LogP contribution in [0.4, 0.5) is 0 Å². The van der Waals surface area contributed by atoms with Crippen molar-refractivity contribution in [2.45, 2.75) is 11.8 Å². The quantitative estimate of drug-likeness (QED) is 0.848. The first kappa shape index (κ1) is 15.5. The van der Waals surface area contributed by atoms with Gasteiger partial charge in [0.15, 0.2) is 0 Å². The predicted octanol–water partition coefficient (Wildman–Crippen LogP) is 0.370. The van der Waals surface area contributed by atoms with Gasteiger partial charge in [0.2, 0.25) is 15.9 Å². The molecule has 1 N–H and O–H groups in total. The number of aryl methyl sites for hydroxylation is 1. The molecular formula is C12H18N2O4S. The summed E-state index contributed by atoms with van der Waals surface area (Å²) < 4.78 is 30.6. The number of hydrogen-bond acceptors (Lipinski definition) is 4. The average molecular weight is 286 g/mol. The van der Waals surface area contributed by atoms with Crippen molar-refractivity contribution in [1.29, 1.82) is 0 Å². The minimum Gasteiger partial charge on any atom is -0.496 e. The molecule has 0 fully saturated rings. The van der Waals surface area contributed by atoms with Crippen LogP contribution < -0.4 is 10.1 Å². The van der Waals surface area contributed by atoms with Gasteiger partial charge in [-0.05, 0) is 30.7 Å². The molecular weight excluding hydrogens is 268 g/mol. The molecule has 6 nitrogen and oxygen atoms in total. The van der Waals surface area contributed by atoms with E-state index in [4.69, 9.17) is 4.74 Å². The highest BCUT2D eigenvalue weighted by atomic mass is 32.2. The van der Waals surface area contributed by atoms with E-state index in [2.05, 4.69) is 5.32 Å². The third-order valence-corrected chi connectivity index (χ3v) is 4.52. The van der Waals surface area contributed by atoms with Crippen molar-refractivity contribution in [2.75, 3.05) is 27.7 Å². The fourth-order valence-electron chi connectivity index (χ4n) is 1.56. The Morgan fingerprint density at radius 3 is 2.53 bits per heavy atom. The minimum atomic E-state index is -3.67. The molecule has 1 amide bonds. The molecule has 1 aromatic rings. The van der Waals surface area contributed by atoms with E-state index in [-0.39, 0.29) is 17.3 Å². The maximum absolute atomic E-state index is 12.2. The van der Waals surface area contributed by atoms with Gasteiger partial charge in [0.05, 0.1) is 18.6 Å². The topological polar surface area (TPSA) is 75.7 Å². The van der Waals surface area contributed by atoms with Gasteiger partial charge < -0.3 is 10.1 Å². The monoisotopic (exact) mass is 286 g/mol. The maximum atomic E-state index is 12.2. The number of sulfonamides is 1. The Balaban J connectivity index is 3.06. The van der Waals surface area contributed by atoms with Crippen molar-refractivity contribution in [3.63, 3.8) is 0 Å². The number of ether oxygens (including phenoxy) is 1. The molecule has 0 heterocycles. The number of benzene rings is 1. The summed E-state index contributed by atoms with van der Waals surface area (Å²) in [5.41, 5.74) is 0.719. The summed E-state index contributed by atoms with van der Waals surface area (Å²) in [7, 11) is 0.671. The number of rotatable bonds is 5. The Bertz CT molecular complexity index is 569. The van der Waals surface area contributed by atoms with Gasteiger partial charge >= 0.3 is 0 Å². The van der Waals surface area contributed by atoms with Crippen molar-refractivity contribution in [3.05, 3.63) is 23.8 Å². The average Bonchev–Trinajstić information content (AvgIpc) is 2.38. The molecule has 0 aliphatic heterocycles. The molecule has 0 radical (unpaired) electrons. The Labute approximate surface area is 113 Å². The lowest BCUT2D eigenvalue weighted by Gasteiger charge is -2.17. The highest BCUT2D eigenvalue weighted by Crippen LogP contribution is 2.23. The number of hydrogen-bond donors (Lipinski definition) is 1. The summed E-state index contributed by atoms with van der Waals surface area (Å²) in [4.78, 5) is 11.4. The highest BCUT2D eigenvalue weighted by molar-refractivity contribution is 7.89. The number of methoxy groups -OCH3 is 1. The van der Waals surface area contributed by atoms with E-state index in [1.54, 1.807) is 13.0 Å². The lowest BCUT2D eigenvalue weighted by molar-refractivity contribution is -0.120. The van der Waals surface area contributed by atoms with E-state index in [1.807, 2.05) is 0 Å². The molecule has 0 bridgehead atoms. The maximum Gasteiger partial charge on any atom is 0.243 e. The standard InChI is InChI=1S/C12H18N2O4S/c1-9-7-10(5-6-11(9)18-4)19(16,17)14(3)8-12(15)13-2/h5-7H,8H2,1-4H3,(H,13,15). The highest BCUT2D eigenvalue weighted by Gasteiger charge is 2.23. The third-order valence-electron chi connectivity index (χ3n) is 2.72. The van der Waals surface area contributed by atoms with Gasteiger partial charge in [-0.1, -0.05) is 0 Å². The molecule has 0 atom stereocenters. The van der Waals surface area contributed by atoms with E-state index in [1.165, 1.54) is 33.3 Å². The van der Waals surface area contributed by atoms with Crippen molar-refractivity contribution in [1.82, 2.24) is 9.62 Å². The van der Waals surface area contributed by atoms with Gasteiger partial charge in [-0.3, -0.25) is 4.79 Å². The van der Waals surface area contributed by atoms with Gasteiger partial charge in [0.25, 0.3) is 0 Å². The van der Waals surface area contributed by atoms with E-state index >= 15 is 0 Å². The molecule has 0 aliphatic carbocycles. The number of carbonyl (C=O) groups is 1. The number of likely N-dealkylation sites (N-methyl/N-ethyl adjacent to an activating group) is 2. The van der Waals surface area contributed by atoms with E-state index < -0.39 is 10.0 Å². The summed E-state index contributed by atoms with van der Waals surface area (Å²) >= 11 is 0. The number of nitrogens with zero attached hydrogens (tertiary/aromatic N) is 1. The fourth-order valence-corrected chi connectivity index (χ4v) is 2.77. The number of carbonyl (C=O) groups excluding carboxylic acids is 1. The lowest BCUT2D eigenvalue weighted by Crippen LogP contribution is -2.36. The first-order chi connectivity index (χ1) is 8.82. The number of amides is 1. The van der Waals surface area contributed by atoms with Crippen LogP contribution in [0.5, 0.6) is 5.75 Å². The van der Waals surface area contributed by atoms with Gasteiger partial charge in [0, 0.05) is 14.1 Å². The van der Waals surface area contributed by atoms with Gasteiger partial charge in [0.1, 0.15) is 5.75 Å². The molecule has 0 saturated heterocycles. The van der Waals surface area contributed by atoms with Crippen LogP contribution in [-0.2, 0) is 14.8 Å². The zero-order chi connectivity index (χ0) is 14.6. The smallest absolute Gasteiger partial charge is 0.243 e. The van der Waals surface area contributed by atoms with Crippen molar-refractivity contribution in [3.8, 4) is 5.75 Å². The Morgan fingerprint density at radius 1 is 1.42 bits per heavy atom. The van der Waals surface area contributed by atoms with Crippen LogP contribution >= 0.6 is 0 Å². The van der Waals surface area contributed by atoms with Crippen LogP contribution in [0.2, 0.25) is 0 Å². The number of nitrogens with one attached hydrogen (secondary N) is 1. The van der Waals surface area contributed by atoms with Crippen LogP contribution in [0.25, 0.3) is 0 Å². The second-order valence-corrected chi connectivity index (χ2v) is 6.11. The molecule has 0 aliphatic rings. The second kappa shape index (κ2) is 6.03. The van der Waals surface area contributed by atoms with Gasteiger partial charge in [-0.25, -0.2) is 8.42 Å². The summed E-state index contributed by atoms with van der Waals surface area (Å²) in [6.45, 7) is 1.54. The van der Waals surface area contributed by atoms with Crippen LogP contribution in [-0.4, -0.2) is 46.4 Å². The van der Waals surface area contributed by atoms with Crippen molar-refractivity contribution >= 4 is 15.9 Å². The van der Waals surface area contributed by atoms with E-state index in [9.17, 15) is 13.2 Å². The minimum absolute atomic E-state index is 0.136. The lowest BCUT2D eigenvalue weighted by atomic mass is 10.2. The van der Waals surface area contributed by atoms with Crippen molar-refractivity contribution < 1.29 is 17.9 Å². The molecule has 106 valence electrons. The third kappa shape index (κ3) is 3.45. The molecule has 1 aromatic carbocycles. The molecule has 0 saturated carbocycles. The van der Waals surface area contributed by atoms with Crippen molar-refractivity contribution in [2.24, 2.45) is 0 Å². The van der Waals surface area contributed by atoms with E-state index in [0.29, 0.717) is 5.75 Å². The fraction of sp³-hybridized carbons (Fsp3) is 0.417. The van der Waals surface area contributed by atoms with Crippen LogP contribution in [0, 0.1) is 6.92 Å². The van der Waals surface area contributed by atoms with Gasteiger partial charge in [-0.2, -0.15) is 4.31 Å². The second-order valence-electron chi connectivity index (χ2n) is 4.07. The molecule has 0 spiro atoms. The first-order valence-electron chi connectivity index (χ1n) is 5.64. The Hall–Kier alpha value is -1.60.